The lowest BCUT2D eigenvalue weighted by molar-refractivity contribution is -0.0346. The second-order valence-electron chi connectivity index (χ2n) is 8.47. The topological polar surface area (TPSA) is 62.3 Å². The fourth-order valence-corrected chi connectivity index (χ4v) is 4.33. The van der Waals surface area contributed by atoms with Crippen LogP contribution in [0.4, 0.5) is 4.39 Å². The third-order valence-corrected chi connectivity index (χ3v) is 6.34. The van der Waals surface area contributed by atoms with Gasteiger partial charge in [-0.25, -0.2) is 4.39 Å². The number of nitrogens with zero attached hydrogens (tertiary/aromatic N) is 3. The SMILES string of the molecule is O=C(c1ccc(Cl)cc1)N1CCOC(CN(CCN2CCOCC2)C(=O)c2cccc(F)c2)C1. The molecule has 2 heterocycles. The molecule has 0 spiro atoms. The van der Waals surface area contributed by atoms with E-state index in [1.165, 1.54) is 18.2 Å². The molecule has 0 N–H and O–H groups in total. The summed E-state index contributed by atoms with van der Waals surface area (Å²) in [6, 6.07) is 12.5. The second-order valence-corrected chi connectivity index (χ2v) is 8.90. The maximum atomic E-state index is 13.8. The molecule has 2 aromatic rings. The molecule has 0 saturated carbocycles. The summed E-state index contributed by atoms with van der Waals surface area (Å²) >= 11 is 5.94. The zero-order valence-corrected chi connectivity index (χ0v) is 19.8. The van der Waals surface area contributed by atoms with E-state index in [1.807, 2.05) is 0 Å². The summed E-state index contributed by atoms with van der Waals surface area (Å²) in [7, 11) is 0. The summed E-state index contributed by atoms with van der Waals surface area (Å²) in [5.74, 6) is -0.800. The van der Waals surface area contributed by atoms with Gasteiger partial charge in [0.2, 0.25) is 0 Å². The van der Waals surface area contributed by atoms with Crippen molar-refractivity contribution in [3.05, 3.63) is 70.5 Å². The highest BCUT2D eigenvalue weighted by molar-refractivity contribution is 6.30. The highest BCUT2D eigenvalue weighted by atomic mass is 35.5. The van der Waals surface area contributed by atoms with Crippen molar-refractivity contribution >= 4 is 23.4 Å². The Bertz CT molecular complexity index is 984. The van der Waals surface area contributed by atoms with Crippen molar-refractivity contribution in [1.82, 2.24) is 14.7 Å². The number of hydrogen-bond acceptors (Lipinski definition) is 5. The molecule has 1 unspecified atom stereocenters. The minimum absolute atomic E-state index is 0.0960. The molecule has 4 rings (SSSR count). The number of ether oxygens (including phenoxy) is 2. The second kappa shape index (κ2) is 11.8. The molecular weight excluding hydrogens is 461 g/mol. The monoisotopic (exact) mass is 489 g/mol. The third-order valence-electron chi connectivity index (χ3n) is 6.09. The van der Waals surface area contributed by atoms with E-state index < -0.39 is 5.82 Å². The van der Waals surface area contributed by atoms with Crippen LogP contribution in [0.3, 0.4) is 0 Å². The third kappa shape index (κ3) is 6.54. The summed E-state index contributed by atoms with van der Waals surface area (Å²) in [4.78, 5) is 31.9. The van der Waals surface area contributed by atoms with Gasteiger partial charge in [0.05, 0.1) is 25.9 Å². The normalized spacial score (nSPS) is 19.1. The van der Waals surface area contributed by atoms with Crippen molar-refractivity contribution in [2.45, 2.75) is 6.10 Å². The van der Waals surface area contributed by atoms with Gasteiger partial charge in [-0.05, 0) is 42.5 Å². The van der Waals surface area contributed by atoms with Crippen LogP contribution in [0.2, 0.25) is 5.02 Å². The summed E-state index contributed by atoms with van der Waals surface area (Å²) in [5.41, 5.74) is 0.858. The van der Waals surface area contributed by atoms with Gasteiger partial charge in [0.15, 0.2) is 0 Å². The number of carbonyl (C=O) groups is 2. The smallest absolute Gasteiger partial charge is 0.254 e. The molecule has 182 valence electrons. The van der Waals surface area contributed by atoms with Gasteiger partial charge in [-0.1, -0.05) is 17.7 Å². The largest absolute Gasteiger partial charge is 0.379 e. The zero-order chi connectivity index (χ0) is 23.9. The Hall–Kier alpha value is -2.52. The van der Waals surface area contributed by atoms with Gasteiger partial charge in [-0.2, -0.15) is 0 Å². The van der Waals surface area contributed by atoms with Crippen LogP contribution in [0.25, 0.3) is 0 Å². The summed E-state index contributed by atoms with van der Waals surface area (Å²) < 4.78 is 25.1. The van der Waals surface area contributed by atoms with Crippen LogP contribution in [-0.4, -0.2) is 98.3 Å². The van der Waals surface area contributed by atoms with E-state index in [9.17, 15) is 14.0 Å². The number of benzene rings is 2. The number of carbonyl (C=O) groups excluding carboxylic acids is 2. The molecule has 7 nitrogen and oxygen atoms in total. The number of amides is 2. The van der Waals surface area contributed by atoms with Gasteiger partial charge in [0.25, 0.3) is 11.8 Å². The van der Waals surface area contributed by atoms with E-state index >= 15 is 0 Å². The van der Waals surface area contributed by atoms with Gasteiger partial charge in [-0.15, -0.1) is 0 Å². The predicted octanol–water partition coefficient (Wildman–Crippen LogP) is 2.79. The minimum atomic E-state index is -0.451. The Morgan fingerprint density at radius 3 is 2.53 bits per heavy atom. The van der Waals surface area contributed by atoms with Gasteiger partial charge in [0, 0.05) is 62.0 Å². The summed E-state index contributed by atoms with van der Waals surface area (Å²) in [6.45, 7) is 5.66. The average molecular weight is 490 g/mol. The van der Waals surface area contributed by atoms with E-state index in [-0.39, 0.29) is 17.9 Å². The lowest BCUT2D eigenvalue weighted by Gasteiger charge is -2.36. The molecule has 0 bridgehead atoms. The van der Waals surface area contributed by atoms with Crippen molar-refractivity contribution in [2.24, 2.45) is 0 Å². The van der Waals surface area contributed by atoms with E-state index in [0.717, 1.165) is 13.1 Å². The van der Waals surface area contributed by atoms with Crippen molar-refractivity contribution in [2.75, 3.05) is 65.6 Å². The molecule has 2 fully saturated rings. The first-order chi connectivity index (χ1) is 16.5. The maximum Gasteiger partial charge on any atom is 0.254 e. The van der Waals surface area contributed by atoms with Crippen molar-refractivity contribution < 1.29 is 23.5 Å². The van der Waals surface area contributed by atoms with Crippen molar-refractivity contribution in [1.29, 1.82) is 0 Å². The van der Waals surface area contributed by atoms with Crippen LogP contribution < -0.4 is 0 Å². The van der Waals surface area contributed by atoms with Crippen molar-refractivity contribution in [3.8, 4) is 0 Å². The highest BCUT2D eigenvalue weighted by Crippen LogP contribution is 2.16. The number of halogens is 2. The minimum Gasteiger partial charge on any atom is -0.379 e. The number of morpholine rings is 2. The molecule has 0 aliphatic carbocycles. The maximum absolute atomic E-state index is 13.8. The Labute approximate surface area is 204 Å². The zero-order valence-electron chi connectivity index (χ0n) is 19.0. The molecular formula is C25H29ClFN3O4. The molecule has 2 aliphatic heterocycles. The Morgan fingerprint density at radius 1 is 1.03 bits per heavy atom. The first-order valence-corrected chi connectivity index (χ1v) is 11.9. The van der Waals surface area contributed by atoms with E-state index in [2.05, 4.69) is 4.90 Å². The number of hydrogen-bond donors (Lipinski definition) is 0. The molecule has 34 heavy (non-hydrogen) atoms. The van der Waals surface area contributed by atoms with E-state index in [4.69, 9.17) is 21.1 Å². The van der Waals surface area contributed by atoms with E-state index in [0.29, 0.717) is 68.7 Å². The molecule has 2 aromatic carbocycles. The Kier molecular flexibility index (Phi) is 8.50. The standard InChI is InChI=1S/C25H29ClFN3O4/c26-21-6-4-19(5-7-21)24(31)30-12-15-34-23(18-30)17-29(9-8-28-10-13-33-14-11-28)25(32)20-2-1-3-22(27)16-20/h1-7,16,23H,8-15,17-18H2. The molecule has 9 heteroatoms. The van der Waals surface area contributed by atoms with Gasteiger partial charge in [0.1, 0.15) is 5.82 Å². The Balaban J connectivity index is 1.43. The molecule has 1 atom stereocenters. The summed E-state index contributed by atoms with van der Waals surface area (Å²) in [6.07, 6.45) is -0.341. The van der Waals surface area contributed by atoms with Crippen LogP contribution in [0.5, 0.6) is 0 Å². The average Bonchev–Trinajstić information content (AvgIpc) is 2.87. The first kappa shape index (κ1) is 24.6. The van der Waals surface area contributed by atoms with Crippen LogP contribution in [0.15, 0.2) is 48.5 Å². The van der Waals surface area contributed by atoms with E-state index in [1.54, 1.807) is 40.1 Å². The first-order valence-electron chi connectivity index (χ1n) is 11.5. The number of rotatable bonds is 7. The van der Waals surface area contributed by atoms with Crippen LogP contribution in [0.1, 0.15) is 20.7 Å². The van der Waals surface area contributed by atoms with Crippen molar-refractivity contribution in [3.63, 3.8) is 0 Å². The highest BCUT2D eigenvalue weighted by Gasteiger charge is 2.29. The fraction of sp³-hybridized carbons (Fsp3) is 0.440. The predicted molar refractivity (Wildman–Crippen MR) is 127 cm³/mol. The van der Waals surface area contributed by atoms with Gasteiger partial charge in [-0.3, -0.25) is 14.5 Å². The lowest BCUT2D eigenvalue weighted by Crippen LogP contribution is -2.52. The van der Waals surface area contributed by atoms with Gasteiger partial charge >= 0.3 is 0 Å². The van der Waals surface area contributed by atoms with Gasteiger partial charge < -0.3 is 19.3 Å². The molecule has 2 aliphatic rings. The molecule has 2 amide bonds. The van der Waals surface area contributed by atoms with Crippen LogP contribution in [-0.2, 0) is 9.47 Å². The quantitative estimate of drug-likeness (QED) is 0.598. The van der Waals surface area contributed by atoms with Crippen LogP contribution >= 0.6 is 11.6 Å². The lowest BCUT2D eigenvalue weighted by atomic mass is 10.1. The molecule has 0 radical (unpaired) electrons. The molecule has 0 aromatic heterocycles. The fourth-order valence-electron chi connectivity index (χ4n) is 4.20. The molecule has 2 saturated heterocycles. The summed E-state index contributed by atoms with van der Waals surface area (Å²) in [5, 5.41) is 0.572. The Morgan fingerprint density at radius 2 is 1.79 bits per heavy atom. The van der Waals surface area contributed by atoms with Crippen LogP contribution in [0, 0.1) is 5.82 Å².